The zero-order valence-corrected chi connectivity index (χ0v) is 6.52. The van der Waals surface area contributed by atoms with Gasteiger partial charge in [-0.2, -0.15) is 0 Å². The number of hydrogen-bond acceptors (Lipinski definition) is 3. The molecule has 1 aliphatic heterocycles. The van der Waals surface area contributed by atoms with Gasteiger partial charge < -0.3 is 5.32 Å². The van der Waals surface area contributed by atoms with Crippen molar-refractivity contribution in [1.29, 1.82) is 0 Å². The Balaban J connectivity index is 2.34. The second-order valence-electron chi connectivity index (χ2n) is 2.70. The SMILES string of the molecule is CC(=O)NC1CC(=O)CCN1. The highest BCUT2D eigenvalue weighted by atomic mass is 16.1. The molecular formula is C7H12N2O2. The average molecular weight is 156 g/mol. The molecule has 1 saturated heterocycles. The summed E-state index contributed by atoms with van der Waals surface area (Å²) in [5, 5.41) is 5.67. The molecule has 1 aliphatic rings. The molecule has 0 spiro atoms. The first-order valence-electron chi connectivity index (χ1n) is 3.70. The number of ketones is 1. The van der Waals surface area contributed by atoms with Crippen LogP contribution in [0, 0.1) is 0 Å². The Morgan fingerprint density at radius 3 is 3.00 bits per heavy atom. The van der Waals surface area contributed by atoms with Crippen LogP contribution in [-0.4, -0.2) is 24.4 Å². The van der Waals surface area contributed by atoms with Crippen molar-refractivity contribution in [3.8, 4) is 0 Å². The maximum Gasteiger partial charge on any atom is 0.218 e. The number of hydrogen-bond donors (Lipinski definition) is 2. The van der Waals surface area contributed by atoms with E-state index in [9.17, 15) is 9.59 Å². The van der Waals surface area contributed by atoms with Gasteiger partial charge in [0.05, 0.1) is 6.17 Å². The first-order chi connectivity index (χ1) is 5.18. The molecule has 0 saturated carbocycles. The van der Waals surface area contributed by atoms with Crippen molar-refractivity contribution < 1.29 is 9.59 Å². The molecule has 0 radical (unpaired) electrons. The van der Waals surface area contributed by atoms with Crippen LogP contribution >= 0.6 is 0 Å². The van der Waals surface area contributed by atoms with E-state index in [0.717, 1.165) is 0 Å². The molecule has 0 aromatic carbocycles. The van der Waals surface area contributed by atoms with Crippen molar-refractivity contribution >= 4 is 11.7 Å². The van der Waals surface area contributed by atoms with E-state index in [1.165, 1.54) is 6.92 Å². The summed E-state index contributed by atoms with van der Waals surface area (Å²) in [6.07, 6.45) is 0.851. The number of rotatable bonds is 1. The van der Waals surface area contributed by atoms with E-state index in [2.05, 4.69) is 10.6 Å². The largest absolute Gasteiger partial charge is 0.341 e. The highest BCUT2D eigenvalue weighted by molar-refractivity contribution is 5.81. The van der Waals surface area contributed by atoms with E-state index in [1.807, 2.05) is 0 Å². The van der Waals surface area contributed by atoms with Crippen LogP contribution in [0.4, 0.5) is 0 Å². The molecule has 1 atom stereocenters. The molecule has 0 bridgehead atoms. The summed E-state index contributed by atoms with van der Waals surface area (Å²) in [6, 6.07) is 0. The molecule has 0 aliphatic carbocycles. The van der Waals surface area contributed by atoms with Gasteiger partial charge in [0, 0.05) is 26.3 Å². The van der Waals surface area contributed by atoms with Crippen LogP contribution in [0.3, 0.4) is 0 Å². The average Bonchev–Trinajstić information content (AvgIpc) is 1.85. The monoisotopic (exact) mass is 156 g/mol. The quantitative estimate of drug-likeness (QED) is 0.533. The standard InChI is InChI=1S/C7H12N2O2/c1-5(10)9-7-4-6(11)2-3-8-7/h7-8H,2-4H2,1H3,(H,9,10). The summed E-state index contributed by atoms with van der Waals surface area (Å²) in [7, 11) is 0. The molecular weight excluding hydrogens is 144 g/mol. The molecule has 1 amide bonds. The topological polar surface area (TPSA) is 58.2 Å². The smallest absolute Gasteiger partial charge is 0.218 e. The second kappa shape index (κ2) is 3.48. The fourth-order valence-electron chi connectivity index (χ4n) is 1.14. The van der Waals surface area contributed by atoms with Gasteiger partial charge in [0.1, 0.15) is 5.78 Å². The Labute approximate surface area is 65.3 Å². The van der Waals surface area contributed by atoms with Gasteiger partial charge in [-0.1, -0.05) is 0 Å². The normalized spacial score (nSPS) is 24.8. The zero-order valence-electron chi connectivity index (χ0n) is 6.52. The molecule has 0 aromatic rings. The second-order valence-corrected chi connectivity index (χ2v) is 2.70. The van der Waals surface area contributed by atoms with E-state index in [0.29, 0.717) is 19.4 Å². The Morgan fingerprint density at radius 2 is 2.45 bits per heavy atom. The van der Waals surface area contributed by atoms with Gasteiger partial charge in [-0.3, -0.25) is 14.9 Å². The van der Waals surface area contributed by atoms with Crippen molar-refractivity contribution in [2.75, 3.05) is 6.54 Å². The molecule has 0 aromatic heterocycles. The number of nitrogens with one attached hydrogen (secondary N) is 2. The maximum atomic E-state index is 10.9. The number of carbonyl (C=O) groups excluding carboxylic acids is 2. The third-order valence-electron chi connectivity index (χ3n) is 1.60. The number of piperidine rings is 1. The van der Waals surface area contributed by atoms with Gasteiger partial charge in [-0.05, 0) is 0 Å². The predicted molar refractivity (Wildman–Crippen MR) is 39.8 cm³/mol. The molecule has 2 N–H and O–H groups in total. The first kappa shape index (κ1) is 8.20. The summed E-state index contributed by atoms with van der Waals surface area (Å²) in [5.41, 5.74) is 0. The van der Waals surface area contributed by atoms with Crippen molar-refractivity contribution in [3.05, 3.63) is 0 Å². The lowest BCUT2D eigenvalue weighted by molar-refractivity contribution is -0.123. The van der Waals surface area contributed by atoms with Crippen LogP contribution in [0.1, 0.15) is 19.8 Å². The van der Waals surface area contributed by atoms with Crippen molar-refractivity contribution in [3.63, 3.8) is 0 Å². The third-order valence-corrected chi connectivity index (χ3v) is 1.60. The van der Waals surface area contributed by atoms with E-state index in [-0.39, 0.29) is 17.9 Å². The summed E-state index contributed by atoms with van der Waals surface area (Å²) in [6.45, 7) is 2.12. The van der Waals surface area contributed by atoms with Crippen LogP contribution in [0.2, 0.25) is 0 Å². The highest BCUT2D eigenvalue weighted by Gasteiger charge is 2.18. The number of carbonyl (C=O) groups is 2. The molecule has 1 heterocycles. The molecule has 1 rings (SSSR count). The lowest BCUT2D eigenvalue weighted by atomic mass is 10.1. The minimum atomic E-state index is -0.145. The van der Waals surface area contributed by atoms with Crippen LogP contribution < -0.4 is 10.6 Å². The third kappa shape index (κ3) is 2.67. The van der Waals surface area contributed by atoms with Gasteiger partial charge >= 0.3 is 0 Å². The lowest BCUT2D eigenvalue weighted by Gasteiger charge is -2.22. The highest BCUT2D eigenvalue weighted by Crippen LogP contribution is 1.99. The minimum Gasteiger partial charge on any atom is -0.341 e. The summed E-state index contributed by atoms with van der Waals surface area (Å²) >= 11 is 0. The van der Waals surface area contributed by atoms with Crippen molar-refractivity contribution in [1.82, 2.24) is 10.6 Å². The maximum absolute atomic E-state index is 10.9. The Kier molecular flexibility index (Phi) is 2.59. The minimum absolute atomic E-state index is 0.0998. The van der Waals surface area contributed by atoms with E-state index in [4.69, 9.17) is 0 Å². The van der Waals surface area contributed by atoms with Gasteiger partial charge in [0.15, 0.2) is 0 Å². The van der Waals surface area contributed by atoms with Crippen molar-refractivity contribution in [2.45, 2.75) is 25.9 Å². The van der Waals surface area contributed by atoms with Crippen LogP contribution in [-0.2, 0) is 9.59 Å². The molecule has 62 valence electrons. The summed E-state index contributed by atoms with van der Waals surface area (Å²) in [4.78, 5) is 21.4. The first-order valence-corrected chi connectivity index (χ1v) is 3.70. The van der Waals surface area contributed by atoms with Gasteiger partial charge in [0.2, 0.25) is 5.91 Å². The molecule has 11 heavy (non-hydrogen) atoms. The molecule has 4 heteroatoms. The van der Waals surface area contributed by atoms with Gasteiger partial charge in [-0.15, -0.1) is 0 Å². The van der Waals surface area contributed by atoms with Crippen molar-refractivity contribution in [2.24, 2.45) is 0 Å². The molecule has 4 nitrogen and oxygen atoms in total. The van der Waals surface area contributed by atoms with E-state index in [1.54, 1.807) is 0 Å². The van der Waals surface area contributed by atoms with E-state index < -0.39 is 0 Å². The van der Waals surface area contributed by atoms with Crippen LogP contribution in [0.5, 0.6) is 0 Å². The van der Waals surface area contributed by atoms with Crippen LogP contribution in [0.15, 0.2) is 0 Å². The molecule has 1 fully saturated rings. The van der Waals surface area contributed by atoms with Gasteiger partial charge in [0.25, 0.3) is 0 Å². The fourth-order valence-corrected chi connectivity index (χ4v) is 1.14. The van der Waals surface area contributed by atoms with Gasteiger partial charge in [-0.25, -0.2) is 0 Å². The lowest BCUT2D eigenvalue weighted by Crippen LogP contribution is -2.49. The fraction of sp³-hybridized carbons (Fsp3) is 0.714. The Morgan fingerprint density at radius 1 is 1.73 bits per heavy atom. The Hall–Kier alpha value is -0.900. The van der Waals surface area contributed by atoms with Crippen LogP contribution in [0.25, 0.3) is 0 Å². The van der Waals surface area contributed by atoms with E-state index >= 15 is 0 Å². The number of Topliss-reactive ketones (excluding diaryl/α,β-unsaturated/α-hetero) is 1. The number of amides is 1. The summed E-state index contributed by atoms with van der Waals surface area (Å²) < 4.78 is 0. The summed E-state index contributed by atoms with van der Waals surface area (Å²) in [5.74, 6) is 0.111. The Bertz CT molecular complexity index is 177. The molecule has 1 unspecified atom stereocenters. The predicted octanol–water partition coefficient (Wildman–Crippen LogP) is -0.599. The zero-order chi connectivity index (χ0) is 8.27.